The van der Waals surface area contributed by atoms with Gasteiger partial charge in [0.1, 0.15) is 0 Å². The van der Waals surface area contributed by atoms with Crippen LogP contribution >= 0.6 is 0 Å². The Morgan fingerprint density at radius 1 is 1.12 bits per heavy atom. The number of benzene rings is 1. The molecule has 1 aromatic rings. The lowest BCUT2D eigenvalue weighted by Gasteiger charge is -2.48. The van der Waals surface area contributed by atoms with Gasteiger partial charge in [-0.2, -0.15) is 0 Å². The maximum atomic E-state index is 11.1. The van der Waals surface area contributed by atoms with Crippen molar-refractivity contribution in [3.05, 3.63) is 29.8 Å². The molecule has 2 saturated heterocycles. The number of piperidine rings is 1. The molecule has 0 unspecified atom stereocenters. The van der Waals surface area contributed by atoms with E-state index in [-0.39, 0.29) is 11.4 Å². The number of carbonyl (C=O) groups is 1. The Bertz CT molecular complexity index is 547. The van der Waals surface area contributed by atoms with Crippen molar-refractivity contribution < 1.29 is 9.53 Å². The molecule has 3 rings (SSSR count). The fraction of sp³-hybridized carbons (Fsp3) is 0.650. The van der Waals surface area contributed by atoms with Gasteiger partial charge in [0, 0.05) is 44.5 Å². The summed E-state index contributed by atoms with van der Waals surface area (Å²) in [5, 5.41) is 6.49. The second-order valence-corrected chi connectivity index (χ2v) is 7.37. The lowest BCUT2D eigenvalue weighted by Crippen LogP contribution is -2.59. The number of hydrogen-bond acceptors (Lipinski definition) is 4. The van der Waals surface area contributed by atoms with Crippen LogP contribution in [0.3, 0.4) is 0 Å². The molecule has 5 nitrogen and oxygen atoms in total. The molecule has 0 aliphatic carbocycles. The molecule has 1 aromatic carbocycles. The van der Waals surface area contributed by atoms with Crippen LogP contribution in [-0.2, 0) is 16.1 Å². The van der Waals surface area contributed by atoms with Gasteiger partial charge in [0.05, 0.1) is 0 Å². The number of likely N-dealkylation sites (tertiary alicyclic amines) is 1. The smallest absolute Gasteiger partial charge is 0.221 e. The van der Waals surface area contributed by atoms with E-state index in [2.05, 4.69) is 27.7 Å². The lowest BCUT2D eigenvalue weighted by atomic mass is 9.86. The predicted molar refractivity (Wildman–Crippen MR) is 101 cm³/mol. The van der Waals surface area contributed by atoms with Crippen LogP contribution in [0, 0.1) is 0 Å². The summed E-state index contributed by atoms with van der Waals surface area (Å²) in [7, 11) is 0. The fourth-order valence-corrected chi connectivity index (χ4v) is 4.07. The first-order valence-electron chi connectivity index (χ1n) is 9.58. The Balaban J connectivity index is 1.55. The van der Waals surface area contributed by atoms with Crippen molar-refractivity contribution in [3.8, 4) is 0 Å². The van der Waals surface area contributed by atoms with Gasteiger partial charge in [-0.15, -0.1) is 0 Å². The van der Waals surface area contributed by atoms with Crippen LogP contribution < -0.4 is 10.6 Å². The highest BCUT2D eigenvalue weighted by atomic mass is 16.5. The normalized spacial score (nSPS) is 21.0. The van der Waals surface area contributed by atoms with Crippen LogP contribution in [0.2, 0.25) is 0 Å². The molecule has 0 saturated carbocycles. The van der Waals surface area contributed by atoms with Crippen LogP contribution in [0.1, 0.15) is 44.6 Å². The highest BCUT2D eigenvalue weighted by Crippen LogP contribution is 2.30. The van der Waals surface area contributed by atoms with Crippen molar-refractivity contribution in [1.82, 2.24) is 10.2 Å². The second-order valence-electron chi connectivity index (χ2n) is 7.37. The first-order valence-corrected chi connectivity index (χ1v) is 9.58. The highest BCUT2D eigenvalue weighted by molar-refractivity contribution is 5.88. The van der Waals surface area contributed by atoms with Gasteiger partial charge in [-0.05, 0) is 56.5 Å². The van der Waals surface area contributed by atoms with Crippen molar-refractivity contribution in [2.24, 2.45) is 0 Å². The molecule has 25 heavy (non-hydrogen) atoms. The molecular formula is C20H31N3O2. The van der Waals surface area contributed by atoms with Crippen molar-refractivity contribution in [1.29, 1.82) is 0 Å². The summed E-state index contributed by atoms with van der Waals surface area (Å²) >= 11 is 0. The molecule has 0 aromatic heterocycles. The van der Waals surface area contributed by atoms with E-state index >= 15 is 0 Å². The van der Waals surface area contributed by atoms with E-state index in [1.807, 2.05) is 12.1 Å². The van der Waals surface area contributed by atoms with Gasteiger partial charge in [0.2, 0.25) is 5.91 Å². The molecule has 138 valence electrons. The Kier molecular flexibility index (Phi) is 6.45. The van der Waals surface area contributed by atoms with Crippen molar-refractivity contribution in [2.45, 2.75) is 51.1 Å². The Morgan fingerprint density at radius 2 is 1.80 bits per heavy atom. The van der Waals surface area contributed by atoms with Gasteiger partial charge in [-0.3, -0.25) is 9.69 Å². The number of anilines is 1. The number of nitrogens with zero attached hydrogens (tertiary/aromatic N) is 1. The third kappa shape index (κ3) is 5.03. The molecule has 2 aliphatic rings. The largest absolute Gasteiger partial charge is 0.381 e. The molecule has 5 heteroatoms. The number of rotatable bonds is 6. The highest BCUT2D eigenvalue weighted by Gasteiger charge is 2.38. The summed E-state index contributed by atoms with van der Waals surface area (Å²) in [5.41, 5.74) is 2.36. The molecule has 2 heterocycles. The first kappa shape index (κ1) is 18.4. The third-order valence-electron chi connectivity index (χ3n) is 5.51. The zero-order valence-electron chi connectivity index (χ0n) is 15.4. The molecule has 1 amide bonds. The first-order chi connectivity index (χ1) is 12.2. The fourth-order valence-electron chi connectivity index (χ4n) is 4.07. The zero-order chi connectivity index (χ0) is 17.5. The van der Waals surface area contributed by atoms with Crippen LogP contribution in [0.15, 0.2) is 24.3 Å². The number of amides is 1. The summed E-state index contributed by atoms with van der Waals surface area (Å²) in [6.07, 6.45) is 6.28. The molecule has 0 radical (unpaired) electrons. The molecule has 0 atom stereocenters. The van der Waals surface area contributed by atoms with E-state index in [0.29, 0.717) is 0 Å². The van der Waals surface area contributed by atoms with Gasteiger partial charge >= 0.3 is 0 Å². The zero-order valence-corrected chi connectivity index (χ0v) is 15.4. The summed E-state index contributed by atoms with van der Waals surface area (Å²) in [4.78, 5) is 13.8. The summed E-state index contributed by atoms with van der Waals surface area (Å²) < 4.78 is 5.64. The minimum Gasteiger partial charge on any atom is -0.381 e. The van der Waals surface area contributed by atoms with E-state index in [0.717, 1.165) is 44.8 Å². The van der Waals surface area contributed by atoms with Gasteiger partial charge in [-0.25, -0.2) is 0 Å². The number of nitrogens with one attached hydrogen (secondary N) is 2. The lowest BCUT2D eigenvalue weighted by molar-refractivity contribution is -0.114. The van der Waals surface area contributed by atoms with Gasteiger partial charge in [0.15, 0.2) is 0 Å². The number of carbonyl (C=O) groups excluding carboxylic acids is 1. The predicted octanol–water partition coefficient (Wildman–Crippen LogP) is 2.77. The average Bonchev–Trinajstić information content (AvgIpc) is 2.64. The van der Waals surface area contributed by atoms with Gasteiger partial charge in [0.25, 0.3) is 0 Å². The summed E-state index contributed by atoms with van der Waals surface area (Å²) in [5.74, 6) is -0.0335. The monoisotopic (exact) mass is 345 g/mol. The van der Waals surface area contributed by atoms with Crippen LogP contribution in [0.4, 0.5) is 5.69 Å². The average molecular weight is 345 g/mol. The van der Waals surface area contributed by atoms with Crippen LogP contribution in [-0.4, -0.2) is 49.2 Å². The van der Waals surface area contributed by atoms with E-state index in [4.69, 9.17) is 4.74 Å². The molecule has 0 spiro atoms. The van der Waals surface area contributed by atoms with Crippen molar-refractivity contribution in [2.75, 3.05) is 38.2 Å². The molecule has 2 fully saturated rings. The van der Waals surface area contributed by atoms with E-state index in [1.165, 1.54) is 44.8 Å². The van der Waals surface area contributed by atoms with Crippen molar-refractivity contribution in [3.63, 3.8) is 0 Å². The summed E-state index contributed by atoms with van der Waals surface area (Å²) in [6.45, 7) is 7.62. The van der Waals surface area contributed by atoms with Crippen LogP contribution in [0.5, 0.6) is 0 Å². The Labute approximate surface area is 151 Å². The number of hydrogen-bond donors (Lipinski definition) is 2. The quantitative estimate of drug-likeness (QED) is 0.832. The molecule has 0 bridgehead atoms. The van der Waals surface area contributed by atoms with Gasteiger partial charge < -0.3 is 15.4 Å². The SMILES string of the molecule is CC(=O)Nc1ccc(CNCC2(N3CCCCC3)CCOCC2)cc1. The maximum absolute atomic E-state index is 11.1. The van der Waals surface area contributed by atoms with Crippen LogP contribution in [0.25, 0.3) is 0 Å². The maximum Gasteiger partial charge on any atom is 0.221 e. The third-order valence-corrected chi connectivity index (χ3v) is 5.51. The Morgan fingerprint density at radius 3 is 2.44 bits per heavy atom. The van der Waals surface area contributed by atoms with E-state index < -0.39 is 0 Å². The minimum atomic E-state index is -0.0335. The topological polar surface area (TPSA) is 53.6 Å². The second kappa shape index (κ2) is 8.79. The standard InChI is InChI=1S/C20H31N3O2/c1-17(24)22-19-7-5-18(6-8-19)15-21-16-20(9-13-25-14-10-20)23-11-3-2-4-12-23/h5-8,21H,2-4,9-16H2,1H3,(H,22,24). The van der Waals surface area contributed by atoms with Gasteiger partial charge in [-0.1, -0.05) is 18.6 Å². The minimum absolute atomic E-state index is 0.0335. The molecular weight excluding hydrogens is 314 g/mol. The number of ether oxygens (including phenoxy) is 1. The summed E-state index contributed by atoms with van der Waals surface area (Å²) in [6, 6.07) is 8.09. The van der Waals surface area contributed by atoms with E-state index in [1.54, 1.807) is 0 Å². The van der Waals surface area contributed by atoms with E-state index in [9.17, 15) is 4.79 Å². The Hall–Kier alpha value is -1.43. The molecule has 2 N–H and O–H groups in total. The van der Waals surface area contributed by atoms with Crippen molar-refractivity contribution >= 4 is 11.6 Å². The molecule has 2 aliphatic heterocycles.